The van der Waals surface area contributed by atoms with Crippen molar-refractivity contribution in [2.75, 3.05) is 11.9 Å². The summed E-state index contributed by atoms with van der Waals surface area (Å²) in [5.41, 5.74) is 0.945. The molecule has 14 heavy (non-hydrogen) atoms. The van der Waals surface area contributed by atoms with Crippen molar-refractivity contribution in [3.05, 3.63) is 23.6 Å². The monoisotopic (exact) mass is 196 g/mol. The minimum Gasteiger partial charge on any atom is -0.367 e. The number of aryl methyl sites for hydroxylation is 1. The number of hydrogen-bond acceptors (Lipinski definition) is 2. The summed E-state index contributed by atoms with van der Waals surface area (Å²) in [5.74, 6) is 0.0553. The Morgan fingerprint density at radius 2 is 2.00 bits per heavy atom. The summed E-state index contributed by atoms with van der Waals surface area (Å²) in [6.45, 7) is 8.83. The first-order valence-electron chi connectivity index (χ1n) is 4.75. The standard InChI is InChI=1S/C11H17FN2/c1-8-5-6-9(12)10(14-8)13-7-11(2,3)4/h5-6H,7H2,1-4H3,(H,13,14). The maximum Gasteiger partial charge on any atom is 0.165 e. The molecule has 78 valence electrons. The van der Waals surface area contributed by atoms with Gasteiger partial charge in [-0.15, -0.1) is 0 Å². The van der Waals surface area contributed by atoms with Gasteiger partial charge in [0.25, 0.3) is 0 Å². The molecule has 1 aromatic heterocycles. The van der Waals surface area contributed by atoms with Crippen LogP contribution in [0.1, 0.15) is 26.5 Å². The Hall–Kier alpha value is -1.12. The Labute approximate surface area is 84.6 Å². The first-order valence-corrected chi connectivity index (χ1v) is 4.75. The van der Waals surface area contributed by atoms with Gasteiger partial charge in [0, 0.05) is 12.2 Å². The van der Waals surface area contributed by atoms with Gasteiger partial charge in [-0.1, -0.05) is 20.8 Å². The Kier molecular flexibility index (Phi) is 3.09. The average molecular weight is 196 g/mol. The van der Waals surface area contributed by atoms with Crippen molar-refractivity contribution in [3.8, 4) is 0 Å². The highest BCUT2D eigenvalue weighted by molar-refractivity contribution is 5.37. The molecule has 0 aliphatic carbocycles. The maximum atomic E-state index is 13.2. The van der Waals surface area contributed by atoms with E-state index in [1.165, 1.54) is 6.07 Å². The molecule has 0 spiro atoms. The minimum atomic E-state index is -0.292. The van der Waals surface area contributed by atoms with E-state index in [0.717, 1.165) is 5.69 Å². The second-order valence-corrected chi connectivity index (χ2v) is 4.70. The van der Waals surface area contributed by atoms with E-state index in [1.54, 1.807) is 6.07 Å². The van der Waals surface area contributed by atoms with Crippen molar-refractivity contribution < 1.29 is 4.39 Å². The zero-order chi connectivity index (χ0) is 10.8. The van der Waals surface area contributed by atoms with E-state index < -0.39 is 0 Å². The number of nitrogens with zero attached hydrogens (tertiary/aromatic N) is 1. The molecule has 0 radical (unpaired) electrons. The molecule has 0 unspecified atom stereocenters. The summed E-state index contributed by atoms with van der Waals surface area (Å²) in [6, 6.07) is 3.10. The lowest BCUT2D eigenvalue weighted by molar-refractivity contribution is 0.441. The summed E-state index contributed by atoms with van der Waals surface area (Å²) in [5, 5.41) is 3.01. The fourth-order valence-corrected chi connectivity index (χ4v) is 1.01. The fraction of sp³-hybridized carbons (Fsp3) is 0.545. The SMILES string of the molecule is Cc1ccc(F)c(NCC(C)(C)C)n1. The van der Waals surface area contributed by atoms with E-state index in [4.69, 9.17) is 0 Å². The topological polar surface area (TPSA) is 24.9 Å². The van der Waals surface area contributed by atoms with E-state index in [1.807, 2.05) is 6.92 Å². The molecule has 0 aliphatic rings. The molecule has 1 rings (SSSR count). The molecule has 3 heteroatoms. The minimum absolute atomic E-state index is 0.123. The molecule has 0 aromatic carbocycles. The largest absolute Gasteiger partial charge is 0.367 e. The third-order valence-electron chi connectivity index (χ3n) is 1.77. The summed E-state index contributed by atoms with van der Waals surface area (Å²) in [6.07, 6.45) is 0. The number of hydrogen-bond donors (Lipinski definition) is 1. The van der Waals surface area contributed by atoms with Gasteiger partial charge in [0.15, 0.2) is 11.6 Å². The van der Waals surface area contributed by atoms with Crippen LogP contribution in [0.2, 0.25) is 0 Å². The number of anilines is 1. The van der Waals surface area contributed by atoms with Crippen molar-refractivity contribution in [2.24, 2.45) is 5.41 Å². The van der Waals surface area contributed by atoms with Crippen molar-refractivity contribution in [3.63, 3.8) is 0 Å². The van der Waals surface area contributed by atoms with E-state index in [-0.39, 0.29) is 11.2 Å². The maximum absolute atomic E-state index is 13.2. The van der Waals surface area contributed by atoms with Crippen molar-refractivity contribution in [1.82, 2.24) is 4.98 Å². The number of pyridine rings is 1. The second-order valence-electron chi connectivity index (χ2n) is 4.70. The van der Waals surface area contributed by atoms with Crippen LogP contribution in [0.25, 0.3) is 0 Å². The van der Waals surface area contributed by atoms with Gasteiger partial charge in [-0.05, 0) is 24.5 Å². The van der Waals surface area contributed by atoms with E-state index >= 15 is 0 Å². The molecule has 2 nitrogen and oxygen atoms in total. The van der Waals surface area contributed by atoms with Crippen LogP contribution in [0.5, 0.6) is 0 Å². The molecule has 0 atom stereocenters. The second kappa shape index (κ2) is 3.95. The van der Waals surface area contributed by atoms with Gasteiger partial charge < -0.3 is 5.32 Å². The smallest absolute Gasteiger partial charge is 0.165 e. The van der Waals surface area contributed by atoms with Gasteiger partial charge in [0.1, 0.15) is 0 Å². The van der Waals surface area contributed by atoms with Crippen LogP contribution < -0.4 is 5.32 Å². The zero-order valence-electron chi connectivity index (χ0n) is 9.19. The first-order chi connectivity index (χ1) is 6.38. The molecule has 1 N–H and O–H groups in total. The molecular formula is C11H17FN2. The lowest BCUT2D eigenvalue weighted by atomic mass is 9.97. The van der Waals surface area contributed by atoms with Gasteiger partial charge in [-0.25, -0.2) is 9.37 Å². The molecule has 0 bridgehead atoms. The average Bonchev–Trinajstić information content (AvgIpc) is 2.05. The number of rotatable bonds is 2. The van der Waals surface area contributed by atoms with Gasteiger partial charge in [0.2, 0.25) is 0 Å². The predicted octanol–water partition coefficient (Wildman–Crippen LogP) is 2.99. The number of nitrogens with one attached hydrogen (secondary N) is 1. The molecule has 1 aromatic rings. The Balaban J connectivity index is 2.72. The predicted molar refractivity (Wildman–Crippen MR) is 56.9 cm³/mol. The number of halogens is 1. The molecule has 0 amide bonds. The lowest BCUT2D eigenvalue weighted by Gasteiger charge is -2.19. The lowest BCUT2D eigenvalue weighted by Crippen LogP contribution is -2.20. The normalized spacial score (nSPS) is 11.5. The molecule has 0 fully saturated rings. The third kappa shape index (κ3) is 3.32. The highest BCUT2D eigenvalue weighted by atomic mass is 19.1. The van der Waals surface area contributed by atoms with Crippen molar-refractivity contribution >= 4 is 5.82 Å². The first kappa shape index (κ1) is 11.0. The van der Waals surface area contributed by atoms with E-state index in [2.05, 4.69) is 31.1 Å². The molecule has 0 saturated heterocycles. The quantitative estimate of drug-likeness (QED) is 0.786. The van der Waals surface area contributed by atoms with E-state index in [9.17, 15) is 4.39 Å². The highest BCUT2D eigenvalue weighted by Crippen LogP contribution is 2.16. The van der Waals surface area contributed by atoms with E-state index in [0.29, 0.717) is 12.4 Å². The molecular weight excluding hydrogens is 179 g/mol. The van der Waals surface area contributed by atoms with Crippen LogP contribution in [-0.2, 0) is 0 Å². The molecule has 0 aliphatic heterocycles. The van der Waals surface area contributed by atoms with Crippen LogP contribution in [0.4, 0.5) is 10.2 Å². The van der Waals surface area contributed by atoms with Crippen LogP contribution in [-0.4, -0.2) is 11.5 Å². The van der Waals surface area contributed by atoms with Crippen LogP contribution in [0.3, 0.4) is 0 Å². The number of aromatic nitrogens is 1. The third-order valence-corrected chi connectivity index (χ3v) is 1.77. The summed E-state index contributed by atoms with van der Waals surface area (Å²) in [4.78, 5) is 4.09. The van der Waals surface area contributed by atoms with Gasteiger partial charge in [-0.2, -0.15) is 0 Å². The zero-order valence-corrected chi connectivity index (χ0v) is 9.19. The van der Waals surface area contributed by atoms with Crippen LogP contribution in [0.15, 0.2) is 12.1 Å². The Morgan fingerprint density at radius 1 is 1.36 bits per heavy atom. The van der Waals surface area contributed by atoms with Crippen molar-refractivity contribution in [1.29, 1.82) is 0 Å². The summed E-state index contributed by atoms with van der Waals surface area (Å²) >= 11 is 0. The Morgan fingerprint density at radius 3 is 2.57 bits per heavy atom. The summed E-state index contributed by atoms with van der Waals surface area (Å²) in [7, 11) is 0. The molecule has 1 heterocycles. The van der Waals surface area contributed by atoms with Crippen molar-refractivity contribution in [2.45, 2.75) is 27.7 Å². The van der Waals surface area contributed by atoms with Gasteiger partial charge in [-0.3, -0.25) is 0 Å². The van der Waals surface area contributed by atoms with Crippen LogP contribution in [0, 0.1) is 18.2 Å². The van der Waals surface area contributed by atoms with Crippen LogP contribution >= 0.6 is 0 Å². The fourth-order valence-electron chi connectivity index (χ4n) is 1.01. The highest BCUT2D eigenvalue weighted by Gasteiger charge is 2.11. The van der Waals surface area contributed by atoms with Gasteiger partial charge >= 0.3 is 0 Å². The molecule has 0 saturated carbocycles. The summed E-state index contributed by atoms with van der Waals surface area (Å²) < 4.78 is 13.2. The van der Waals surface area contributed by atoms with Gasteiger partial charge in [0.05, 0.1) is 0 Å². The Bertz CT molecular complexity index is 316.